The molecule has 0 heterocycles. The third-order valence-electron chi connectivity index (χ3n) is 2.59. The molecule has 0 amide bonds. The first-order valence-corrected chi connectivity index (χ1v) is 5.89. The van der Waals surface area contributed by atoms with E-state index in [0.29, 0.717) is 6.42 Å². The SMILES string of the molecule is CCCOC(=O)C(CC)CC(F)(F)C(F)(F)C(F)(F)F. The van der Waals surface area contributed by atoms with Gasteiger partial charge in [-0.25, -0.2) is 0 Å². The van der Waals surface area contributed by atoms with Crippen LogP contribution in [-0.4, -0.2) is 30.6 Å². The summed E-state index contributed by atoms with van der Waals surface area (Å²) in [6.07, 6.45) is -8.26. The second-order valence-electron chi connectivity index (χ2n) is 4.25. The van der Waals surface area contributed by atoms with Crippen LogP contribution in [0.2, 0.25) is 0 Å². The fourth-order valence-corrected chi connectivity index (χ4v) is 1.36. The summed E-state index contributed by atoms with van der Waals surface area (Å²) in [4.78, 5) is 11.3. The smallest absolute Gasteiger partial charge is 0.459 e. The van der Waals surface area contributed by atoms with E-state index in [1.807, 2.05) is 0 Å². The summed E-state index contributed by atoms with van der Waals surface area (Å²) in [5, 5.41) is 0. The molecule has 0 bridgehead atoms. The quantitative estimate of drug-likeness (QED) is 0.520. The third kappa shape index (κ3) is 4.24. The Hall–Kier alpha value is -1.02. The summed E-state index contributed by atoms with van der Waals surface area (Å²) in [7, 11) is 0. The van der Waals surface area contributed by atoms with Crippen LogP contribution in [0.15, 0.2) is 0 Å². The lowest BCUT2D eigenvalue weighted by Crippen LogP contribution is -2.53. The van der Waals surface area contributed by atoms with Gasteiger partial charge < -0.3 is 4.74 Å². The van der Waals surface area contributed by atoms with Crippen LogP contribution in [0, 0.1) is 5.92 Å². The number of carbonyl (C=O) groups is 1. The Morgan fingerprint density at radius 3 is 1.90 bits per heavy atom. The van der Waals surface area contributed by atoms with E-state index in [0.717, 1.165) is 0 Å². The number of halogens is 7. The Bertz CT molecular complexity index is 325. The highest BCUT2D eigenvalue weighted by molar-refractivity contribution is 5.72. The second-order valence-corrected chi connectivity index (χ2v) is 4.25. The van der Waals surface area contributed by atoms with Crippen molar-refractivity contribution in [1.29, 1.82) is 0 Å². The molecule has 0 aromatic heterocycles. The summed E-state index contributed by atoms with van der Waals surface area (Å²) in [5.41, 5.74) is 0. The predicted octanol–water partition coefficient (Wildman–Crippen LogP) is 4.19. The van der Waals surface area contributed by atoms with E-state index < -0.39 is 36.3 Å². The van der Waals surface area contributed by atoms with E-state index in [9.17, 15) is 35.5 Å². The molecule has 0 radical (unpaired) electrons. The summed E-state index contributed by atoms with van der Waals surface area (Å²) in [6, 6.07) is 0. The highest BCUT2D eigenvalue weighted by Gasteiger charge is 2.73. The molecule has 2 nitrogen and oxygen atoms in total. The second kappa shape index (κ2) is 6.62. The van der Waals surface area contributed by atoms with Crippen LogP contribution in [0.5, 0.6) is 0 Å². The maximum absolute atomic E-state index is 13.1. The molecule has 0 aromatic carbocycles. The molecule has 0 aliphatic rings. The lowest BCUT2D eigenvalue weighted by Gasteiger charge is -2.30. The lowest BCUT2D eigenvalue weighted by atomic mass is 9.94. The molecule has 0 aromatic rings. The van der Waals surface area contributed by atoms with Crippen LogP contribution in [0.4, 0.5) is 30.7 Å². The zero-order valence-corrected chi connectivity index (χ0v) is 10.9. The Morgan fingerprint density at radius 1 is 1.05 bits per heavy atom. The number of alkyl halides is 7. The highest BCUT2D eigenvalue weighted by atomic mass is 19.4. The van der Waals surface area contributed by atoms with Crippen molar-refractivity contribution in [1.82, 2.24) is 0 Å². The number of hydrogen-bond donors (Lipinski definition) is 0. The van der Waals surface area contributed by atoms with Gasteiger partial charge in [-0.15, -0.1) is 0 Å². The zero-order valence-electron chi connectivity index (χ0n) is 10.9. The van der Waals surface area contributed by atoms with Gasteiger partial charge in [0.15, 0.2) is 0 Å². The Kier molecular flexibility index (Phi) is 6.28. The van der Waals surface area contributed by atoms with Gasteiger partial charge in [0, 0.05) is 6.42 Å². The molecule has 0 aliphatic heterocycles. The minimum Gasteiger partial charge on any atom is -0.465 e. The van der Waals surface area contributed by atoms with Crippen LogP contribution in [0.3, 0.4) is 0 Å². The molecule has 20 heavy (non-hydrogen) atoms. The maximum atomic E-state index is 13.1. The van der Waals surface area contributed by atoms with Gasteiger partial charge in [0.2, 0.25) is 0 Å². The normalized spacial score (nSPS) is 15.1. The third-order valence-corrected chi connectivity index (χ3v) is 2.59. The Labute approximate surface area is 111 Å². The molecule has 0 saturated carbocycles. The van der Waals surface area contributed by atoms with Crippen molar-refractivity contribution in [2.45, 2.75) is 51.1 Å². The van der Waals surface area contributed by atoms with Crippen molar-refractivity contribution in [3.63, 3.8) is 0 Å². The van der Waals surface area contributed by atoms with Gasteiger partial charge in [-0.3, -0.25) is 4.79 Å². The minimum absolute atomic E-state index is 0.115. The van der Waals surface area contributed by atoms with Crippen molar-refractivity contribution in [3.05, 3.63) is 0 Å². The summed E-state index contributed by atoms with van der Waals surface area (Å²) >= 11 is 0. The molecule has 0 fully saturated rings. The first-order chi connectivity index (χ1) is 8.90. The van der Waals surface area contributed by atoms with Crippen LogP contribution >= 0.6 is 0 Å². The molecular weight excluding hydrogens is 297 g/mol. The predicted molar refractivity (Wildman–Crippen MR) is 55.6 cm³/mol. The van der Waals surface area contributed by atoms with E-state index in [1.165, 1.54) is 6.92 Å². The summed E-state index contributed by atoms with van der Waals surface area (Å²) in [6.45, 7) is 2.72. The number of hydrogen-bond acceptors (Lipinski definition) is 2. The van der Waals surface area contributed by atoms with Gasteiger partial charge in [0.1, 0.15) is 0 Å². The lowest BCUT2D eigenvalue weighted by molar-refractivity contribution is -0.357. The average Bonchev–Trinajstić information content (AvgIpc) is 2.31. The number of ether oxygens (including phenoxy) is 1. The van der Waals surface area contributed by atoms with Gasteiger partial charge in [-0.2, -0.15) is 30.7 Å². The molecule has 0 aliphatic carbocycles. The largest absolute Gasteiger partial charge is 0.465 e. The molecule has 1 atom stereocenters. The first-order valence-electron chi connectivity index (χ1n) is 5.89. The van der Waals surface area contributed by atoms with Gasteiger partial charge in [0.25, 0.3) is 0 Å². The molecular formula is C11H15F7O2. The Balaban J connectivity index is 5.00. The summed E-state index contributed by atoms with van der Waals surface area (Å²) < 4.78 is 92.0. The van der Waals surface area contributed by atoms with Crippen molar-refractivity contribution >= 4 is 5.97 Å². The van der Waals surface area contributed by atoms with Gasteiger partial charge in [-0.05, 0) is 12.8 Å². The fourth-order valence-electron chi connectivity index (χ4n) is 1.36. The Morgan fingerprint density at radius 2 is 1.55 bits per heavy atom. The van der Waals surface area contributed by atoms with Gasteiger partial charge in [0.05, 0.1) is 12.5 Å². The molecule has 9 heteroatoms. The van der Waals surface area contributed by atoms with Gasteiger partial charge >= 0.3 is 24.0 Å². The van der Waals surface area contributed by atoms with Crippen LogP contribution in [-0.2, 0) is 9.53 Å². The molecule has 0 spiro atoms. The van der Waals surface area contributed by atoms with E-state index in [-0.39, 0.29) is 13.0 Å². The molecule has 0 saturated heterocycles. The van der Waals surface area contributed by atoms with Crippen LogP contribution in [0.25, 0.3) is 0 Å². The van der Waals surface area contributed by atoms with E-state index in [2.05, 4.69) is 4.74 Å². The minimum atomic E-state index is -6.39. The maximum Gasteiger partial charge on any atom is 0.459 e. The number of rotatable bonds is 7. The van der Waals surface area contributed by atoms with Crippen LogP contribution < -0.4 is 0 Å². The summed E-state index contributed by atoms with van der Waals surface area (Å²) in [5.74, 6) is -14.5. The highest BCUT2D eigenvalue weighted by Crippen LogP contribution is 2.49. The monoisotopic (exact) mass is 312 g/mol. The van der Waals surface area contributed by atoms with E-state index in [1.54, 1.807) is 6.92 Å². The van der Waals surface area contributed by atoms with E-state index >= 15 is 0 Å². The first kappa shape index (κ1) is 19.0. The molecule has 0 N–H and O–H groups in total. The average molecular weight is 312 g/mol. The molecule has 1 unspecified atom stereocenters. The standard InChI is InChI=1S/C11H15F7O2/c1-3-5-20-8(19)7(4-2)6-9(12,13)10(14,15)11(16,17)18/h7H,3-6H2,1-2H3. The van der Waals surface area contributed by atoms with Gasteiger partial charge in [-0.1, -0.05) is 13.8 Å². The topological polar surface area (TPSA) is 26.3 Å². The van der Waals surface area contributed by atoms with Crippen molar-refractivity contribution < 1.29 is 40.3 Å². The number of esters is 1. The molecule has 0 rings (SSSR count). The van der Waals surface area contributed by atoms with Crippen molar-refractivity contribution in [2.75, 3.05) is 6.61 Å². The van der Waals surface area contributed by atoms with Crippen LogP contribution in [0.1, 0.15) is 33.1 Å². The number of carbonyl (C=O) groups excluding carboxylic acids is 1. The van der Waals surface area contributed by atoms with Crippen molar-refractivity contribution in [3.8, 4) is 0 Å². The zero-order chi connectivity index (χ0) is 16.2. The van der Waals surface area contributed by atoms with Crippen molar-refractivity contribution in [2.24, 2.45) is 5.92 Å². The molecule has 120 valence electrons. The fraction of sp³-hybridized carbons (Fsp3) is 0.909. The van der Waals surface area contributed by atoms with E-state index in [4.69, 9.17) is 0 Å².